The van der Waals surface area contributed by atoms with Crippen LogP contribution >= 0.6 is 0 Å². The molecule has 0 amide bonds. The lowest BCUT2D eigenvalue weighted by atomic mass is 10.2. The van der Waals surface area contributed by atoms with Gasteiger partial charge in [-0.2, -0.15) is 8.42 Å². The van der Waals surface area contributed by atoms with E-state index in [1.54, 1.807) is 0 Å². The highest BCUT2D eigenvalue weighted by atomic mass is 32.3. The summed E-state index contributed by atoms with van der Waals surface area (Å²) in [5.74, 6) is 0. The van der Waals surface area contributed by atoms with Crippen molar-refractivity contribution < 1.29 is 32.1 Å². The Morgan fingerprint density at radius 2 is 0.769 bits per heavy atom. The molecule has 0 spiro atoms. The summed E-state index contributed by atoms with van der Waals surface area (Å²) in [4.78, 5) is 0. The van der Waals surface area contributed by atoms with Crippen molar-refractivity contribution in [1.29, 1.82) is 0 Å². The van der Waals surface area contributed by atoms with Crippen LogP contribution in [0.2, 0.25) is 0 Å². The van der Waals surface area contributed by atoms with Crippen LogP contribution in [0.25, 0.3) is 0 Å². The topological polar surface area (TPSA) is 113 Å². The Morgan fingerprint density at radius 3 is 0.923 bits per heavy atom. The molecule has 0 rings (SSSR count). The molecule has 0 heterocycles. The molecule has 0 aliphatic heterocycles. The van der Waals surface area contributed by atoms with E-state index in [9.17, 15) is 8.42 Å². The van der Waals surface area contributed by atoms with Crippen LogP contribution in [0.5, 0.6) is 0 Å². The molecule has 0 aromatic carbocycles. The second kappa shape index (κ2) is 177. The lowest BCUT2D eigenvalue weighted by Gasteiger charge is -1.99. The summed E-state index contributed by atoms with van der Waals surface area (Å²) in [6.07, 6.45) is 5.03. The number of hydrogen-bond acceptors (Lipinski definition) is 6. The van der Waals surface area contributed by atoms with Gasteiger partial charge < -0.3 is 14.9 Å². The predicted octanol–water partition coefficient (Wildman–Crippen LogP) is 9.01. The molecule has 0 saturated heterocycles. The standard InChI is InChI=1S/C7H16O4S.C4H10O.C2H6O2.9C2H4/c1-2-3-4-5-6-7-11-12(8,9)10;1-3-5-4-2;3-1-2-4;9*1-2/h2-7H2,1H3,(H,8,9,10);3-4H2,1-2H3;3-4H,1-2H2;9*1-2H2. The summed E-state index contributed by atoms with van der Waals surface area (Å²) in [6.45, 7) is 61.6. The summed E-state index contributed by atoms with van der Waals surface area (Å²) >= 11 is 0. The van der Waals surface area contributed by atoms with Crippen molar-refractivity contribution in [2.75, 3.05) is 33.0 Å². The lowest BCUT2D eigenvalue weighted by Crippen LogP contribution is -2.04. The fourth-order valence-electron chi connectivity index (χ4n) is 1.07. The largest absolute Gasteiger partial charge is 0.397 e. The van der Waals surface area contributed by atoms with E-state index in [0.717, 1.165) is 38.9 Å². The monoisotopic (exact) mass is 584 g/mol. The number of rotatable bonds is 10. The maximum Gasteiger partial charge on any atom is 0.397 e. The van der Waals surface area contributed by atoms with Gasteiger partial charge in [-0.25, -0.2) is 4.18 Å². The van der Waals surface area contributed by atoms with Gasteiger partial charge in [0.05, 0.1) is 19.8 Å². The average Bonchev–Trinajstić information content (AvgIpc) is 3.04. The van der Waals surface area contributed by atoms with Gasteiger partial charge in [0.25, 0.3) is 0 Å². The Labute approximate surface area is 246 Å². The Balaban J connectivity index is -0.0000000231. The van der Waals surface area contributed by atoms with Gasteiger partial charge in [0.1, 0.15) is 0 Å². The number of aliphatic hydroxyl groups excluding tert-OH is 2. The zero-order chi connectivity index (χ0) is 35.0. The van der Waals surface area contributed by atoms with Gasteiger partial charge in [-0.05, 0) is 20.3 Å². The molecule has 0 aliphatic rings. The molecule has 0 radical (unpaired) electrons. The summed E-state index contributed by atoms with van der Waals surface area (Å²) < 4.78 is 37.2. The van der Waals surface area contributed by atoms with E-state index in [2.05, 4.69) is 130 Å². The molecule has 0 aromatic heterocycles. The van der Waals surface area contributed by atoms with Gasteiger partial charge in [0, 0.05) is 13.2 Å². The highest BCUT2D eigenvalue weighted by molar-refractivity contribution is 7.80. The molecule has 0 bridgehead atoms. The molecule has 240 valence electrons. The zero-order valence-electron chi connectivity index (χ0n) is 26.2. The summed E-state index contributed by atoms with van der Waals surface area (Å²) in [6, 6.07) is 0. The highest BCUT2D eigenvalue weighted by Crippen LogP contribution is 2.02. The minimum Gasteiger partial charge on any atom is -0.394 e. The van der Waals surface area contributed by atoms with Crippen LogP contribution < -0.4 is 0 Å². The Hall–Kier alpha value is -2.59. The molecule has 0 saturated carbocycles. The van der Waals surface area contributed by atoms with E-state index in [4.69, 9.17) is 19.5 Å². The predicted molar refractivity (Wildman–Crippen MR) is 184 cm³/mol. The molecule has 3 N–H and O–H groups in total. The van der Waals surface area contributed by atoms with Crippen LogP contribution in [0, 0.1) is 0 Å². The first kappa shape index (κ1) is 76.6. The third kappa shape index (κ3) is 446. The van der Waals surface area contributed by atoms with Crippen LogP contribution in [0.1, 0.15) is 52.9 Å². The van der Waals surface area contributed by atoms with Gasteiger partial charge in [0.15, 0.2) is 0 Å². The molecule has 0 fully saturated rings. The van der Waals surface area contributed by atoms with Gasteiger partial charge in [-0.15, -0.1) is 118 Å². The fraction of sp³-hybridized carbons (Fsp3) is 0.419. The van der Waals surface area contributed by atoms with Crippen LogP contribution in [-0.4, -0.2) is 56.2 Å². The van der Waals surface area contributed by atoms with E-state index < -0.39 is 10.4 Å². The van der Waals surface area contributed by atoms with E-state index >= 15 is 0 Å². The first-order valence-corrected chi connectivity index (χ1v) is 13.2. The maximum absolute atomic E-state index is 10.1. The van der Waals surface area contributed by atoms with Crippen LogP contribution in [0.4, 0.5) is 0 Å². The minimum absolute atomic E-state index is 0.0859. The molecule has 0 aromatic rings. The molecule has 0 atom stereocenters. The van der Waals surface area contributed by atoms with E-state index in [0.29, 0.717) is 6.42 Å². The van der Waals surface area contributed by atoms with Crippen LogP contribution in [-0.2, 0) is 19.3 Å². The number of ether oxygens (including phenoxy) is 1. The fourth-order valence-corrected chi connectivity index (χ4v) is 1.40. The quantitative estimate of drug-likeness (QED) is 0.133. The molecular formula is C31H68O7S. The molecule has 0 aliphatic carbocycles. The maximum atomic E-state index is 10.1. The Morgan fingerprint density at radius 1 is 0.513 bits per heavy atom. The third-order valence-corrected chi connectivity index (χ3v) is 2.45. The second-order valence-electron chi connectivity index (χ2n) is 3.89. The van der Waals surface area contributed by atoms with Gasteiger partial charge in [0.2, 0.25) is 0 Å². The van der Waals surface area contributed by atoms with Gasteiger partial charge >= 0.3 is 10.4 Å². The molecule has 8 heteroatoms. The summed E-state index contributed by atoms with van der Waals surface area (Å²) in [5, 5.41) is 15.2. The smallest absolute Gasteiger partial charge is 0.394 e. The van der Waals surface area contributed by atoms with E-state index in [1.807, 2.05) is 13.8 Å². The van der Waals surface area contributed by atoms with Crippen LogP contribution in [0.3, 0.4) is 0 Å². The van der Waals surface area contributed by atoms with Crippen molar-refractivity contribution in [3.63, 3.8) is 0 Å². The Kier molecular flexibility index (Phi) is 347. The van der Waals surface area contributed by atoms with E-state index in [-0.39, 0.29) is 19.8 Å². The van der Waals surface area contributed by atoms with Crippen molar-refractivity contribution >= 4 is 10.4 Å². The van der Waals surface area contributed by atoms with Crippen molar-refractivity contribution in [2.24, 2.45) is 0 Å². The van der Waals surface area contributed by atoms with Crippen molar-refractivity contribution in [2.45, 2.75) is 52.9 Å². The second-order valence-corrected chi connectivity index (χ2v) is 4.98. The highest BCUT2D eigenvalue weighted by Gasteiger charge is 2.02. The van der Waals surface area contributed by atoms with Crippen molar-refractivity contribution in [1.82, 2.24) is 0 Å². The van der Waals surface area contributed by atoms with Crippen LogP contribution in [0.15, 0.2) is 118 Å². The molecule has 0 unspecified atom stereocenters. The summed E-state index contributed by atoms with van der Waals surface area (Å²) in [7, 11) is -4.22. The van der Waals surface area contributed by atoms with Gasteiger partial charge in [-0.3, -0.25) is 4.55 Å². The SMILES string of the molecule is C=C.C=C.C=C.C=C.C=C.C=C.C=C.C=C.C=C.CCCCCCCOS(=O)(=O)O.CCOCC.OCCO. The Bertz CT molecular complexity index is 347. The number of hydrogen-bond donors (Lipinski definition) is 3. The van der Waals surface area contributed by atoms with E-state index in [1.165, 1.54) is 0 Å². The molecular weight excluding hydrogens is 516 g/mol. The zero-order valence-corrected chi connectivity index (χ0v) is 27.0. The van der Waals surface area contributed by atoms with Gasteiger partial charge in [-0.1, -0.05) is 32.6 Å². The van der Waals surface area contributed by atoms with Crippen molar-refractivity contribution in [3.05, 3.63) is 118 Å². The number of aliphatic hydroxyl groups is 2. The normalized spacial score (nSPS) is 6.41. The van der Waals surface area contributed by atoms with Crippen molar-refractivity contribution in [3.8, 4) is 0 Å². The first-order chi connectivity index (χ1) is 18.9. The number of unbranched alkanes of at least 4 members (excludes halogenated alkanes) is 4. The first-order valence-electron chi connectivity index (χ1n) is 11.8. The summed E-state index contributed by atoms with van der Waals surface area (Å²) in [5.41, 5.74) is 0. The third-order valence-electron chi connectivity index (χ3n) is 1.99. The minimum atomic E-state index is -4.22. The molecule has 7 nitrogen and oxygen atoms in total. The average molecular weight is 585 g/mol. The lowest BCUT2D eigenvalue weighted by molar-refractivity contribution is 0.162. The molecule has 39 heavy (non-hydrogen) atoms.